The second-order valence-electron chi connectivity index (χ2n) is 5.44. The van der Waals surface area contributed by atoms with Gasteiger partial charge in [0.05, 0.1) is 0 Å². The summed E-state index contributed by atoms with van der Waals surface area (Å²) in [5.41, 5.74) is 0. The molecule has 2 aliphatic rings. The van der Waals surface area contributed by atoms with Gasteiger partial charge in [-0.2, -0.15) is 0 Å². The van der Waals surface area contributed by atoms with Gasteiger partial charge in [-0.3, -0.25) is 4.79 Å². The van der Waals surface area contributed by atoms with E-state index in [0.717, 1.165) is 45.4 Å². The number of nitrogens with one attached hydrogen (secondary N) is 1. The largest absolute Gasteiger partial charge is 0.317 e. The van der Waals surface area contributed by atoms with Gasteiger partial charge in [-0.25, -0.2) is 0 Å². The average Bonchev–Trinajstić information content (AvgIpc) is 2.31. The van der Waals surface area contributed by atoms with E-state index in [1.54, 1.807) is 0 Å². The lowest BCUT2D eigenvalue weighted by molar-refractivity contribution is -0.125. The van der Waals surface area contributed by atoms with Crippen molar-refractivity contribution in [2.75, 3.05) is 33.2 Å². The van der Waals surface area contributed by atoms with Crippen LogP contribution in [0.15, 0.2) is 0 Å². The Hall–Kier alpha value is -0.410. The molecule has 0 aliphatic carbocycles. The fourth-order valence-corrected chi connectivity index (χ4v) is 2.87. The van der Waals surface area contributed by atoms with E-state index in [0.29, 0.717) is 17.6 Å². The minimum absolute atomic E-state index is 0.367. The molecule has 2 fully saturated rings. The van der Waals surface area contributed by atoms with E-state index in [9.17, 15) is 4.79 Å². The molecule has 0 aromatic heterocycles. The normalized spacial score (nSPS) is 25.8. The zero-order valence-electron chi connectivity index (χ0n) is 10.4. The maximum Gasteiger partial charge on any atom is 0.136 e. The number of hydrogen-bond acceptors (Lipinski definition) is 3. The van der Waals surface area contributed by atoms with Gasteiger partial charge >= 0.3 is 0 Å². The lowest BCUT2D eigenvalue weighted by Crippen LogP contribution is -2.35. The summed E-state index contributed by atoms with van der Waals surface area (Å²) in [4.78, 5) is 14.5. The van der Waals surface area contributed by atoms with E-state index in [2.05, 4.69) is 17.3 Å². The van der Waals surface area contributed by atoms with E-state index in [1.807, 2.05) is 0 Å². The predicted molar refractivity (Wildman–Crippen MR) is 65.4 cm³/mol. The predicted octanol–water partition coefficient (Wildman–Crippen LogP) is 1.29. The first kappa shape index (κ1) is 12.1. The molecule has 0 aromatic rings. The maximum absolute atomic E-state index is 12.1. The van der Waals surface area contributed by atoms with Crippen molar-refractivity contribution < 1.29 is 4.79 Å². The summed E-state index contributed by atoms with van der Waals surface area (Å²) < 4.78 is 0. The molecule has 92 valence electrons. The Bertz CT molecular complexity index is 228. The molecule has 0 saturated carbocycles. The Morgan fingerprint density at radius 3 is 2.44 bits per heavy atom. The summed E-state index contributed by atoms with van der Waals surface area (Å²) in [7, 11) is 2.15. The van der Waals surface area contributed by atoms with Gasteiger partial charge in [-0.15, -0.1) is 0 Å². The summed E-state index contributed by atoms with van der Waals surface area (Å²) >= 11 is 0. The van der Waals surface area contributed by atoms with Gasteiger partial charge in [0.1, 0.15) is 5.78 Å². The lowest BCUT2D eigenvalue weighted by atomic mass is 9.84. The van der Waals surface area contributed by atoms with Gasteiger partial charge in [0.2, 0.25) is 0 Å². The summed E-state index contributed by atoms with van der Waals surface area (Å²) in [6.07, 6.45) is 5.40. The molecule has 1 N–H and O–H groups in total. The zero-order chi connectivity index (χ0) is 11.4. The molecule has 0 radical (unpaired) electrons. The Kier molecular flexibility index (Phi) is 4.36. The van der Waals surface area contributed by atoms with Crippen molar-refractivity contribution in [3.63, 3.8) is 0 Å². The van der Waals surface area contributed by atoms with Crippen LogP contribution in [0, 0.1) is 11.8 Å². The molecule has 3 heteroatoms. The molecular formula is C13H24N2O. The molecule has 0 bridgehead atoms. The number of hydrogen-bond donors (Lipinski definition) is 1. The van der Waals surface area contributed by atoms with Crippen LogP contribution in [0.2, 0.25) is 0 Å². The van der Waals surface area contributed by atoms with Crippen LogP contribution in [0.1, 0.15) is 32.1 Å². The van der Waals surface area contributed by atoms with Crippen molar-refractivity contribution >= 4 is 5.78 Å². The third-order valence-electron chi connectivity index (χ3n) is 4.12. The zero-order valence-corrected chi connectivity index (χ0v) is 10.4. The van der Waals surface area contributed by atoms with Gasteiger partial charge < -0.3 is 10.2 Å². The highest BCUT2D eigenvalue weighted by atomic mass is 16.1. The van der Waals surface area contributed by atoms with Crippen LogP contribution in [0.4, 0.5) is 0 Å². The van der Waals surface area contributed by atoms with Crippen molar-refractivity contribution in [3.8, 4) is 0 Å². The molecule has 0 spiro atoms. The third-order valence-corrected chi connectivity index (χ3v) is 4.12. The second-order valence-corrected chi connectivity index (χ2v) is 5.44. The van der Waals surface area contributed by atoms with Crippen molar-refractivity contribution in [1.82, 2.24) is 10.2 Å². The molecule has 0 amide bonds. The summed E-state index contributed by atoms with van der Waals surface area (Å²) in [6.45, 7) is 4.40. The Labute approximate surface area is 98.6 Å². The van der Waals surface area contributed by atoms with Crippen LogP contribution in [0.25, 0.3) is 0 Å². The van der Waals surface area contributed by atoms with Gasteiger partial charge in [-0.1, -0.05) is 0 Å². The van der Waals surface area contributed by atoms with E-state index in [-0.39, 0.29) is 0 Å². The van der Waals surface area contributed by atoms with Crippen molar-refractivity contribution in [3.05, 3.63) is 0 Å². The van der Waals surface area contributed by atoms with Crippen LogP contribution in [0.3, 0.4) is 0 Å². The Morgan fingerprint density at radius 2 is 1.81 bits per heavy atom. The summed E-state index contributed by atoms with van der Waals surface area (Å²) in [6, 6.07) is 0. The number of likely N-dealkylation sites (tertiary alicyclic amines) is 1. The minimum atomic E-state index is 0.367. The van der Waals surface area contributed by atoms with Crippen LogP contribution in [-0.2, 0) is 4.79 Å². The highest BCUT2D eigenvalue weighted by molar-refractivity contribution is 5.81. The standard InChI is InChI=1S/C13H24N2O/c1-15-8-4-12(5-9-15)13(16)10-11-2-6-14-7-3-11/h11-12,14H,2-10H2,1H3. The number of piperidine rings is 2. The first-order valence-electron chi connectivity index (χ1n) is 6.67. The van der Waals surface area contributed by atoms with E-state index >= 15 is 0 Å². The van der Waals surface area contributed by atoms with Crippen LogP contribution in [-0.4, -0.2) is 43.9 Å². The summed E-state index contributed by atoms with van der Waals surface area (Å²) in [5, 5.41) is 3.36. The molecule has 2 saturated heterocycles. The van der Waals surface area contributed by atoms with Gasteiger partial charge in [0.25, 0.3) is 0 Å². The van der Waals surface area contributed by atoms with Crippen LogP contribution in [0.5, 0.6) is 0 Å². The highest BCUT2D eigenvalue weighted by Crippen LogP contribution is 2.23. The van der Waals surface area contributed by atoms with E-state index < -0.39 is 0 Å². The molecule has 2 rings (SSSR count). The van der Waals surface area contributed by atoms with Gasteiger partial charge in [0.15, 0.2) is 0 Å². The number of nitrogens with zero attached hydrogens (tertiary/aromatic N) is 1. The molecule has 0 atom stereocenters. The first-order chi connectivity index (χ1) is 7.75. The smallest absolute Gasteiger partial charge is 0.136 e. The SMILES string of the molecule is CN1CCC(C(=O)CC2CCNCC2)CC1. The van der Waals surface area contributed by atoms with Gasteiger partial charge in [0, 0.05) is 12.3 Å². The van der Waals surface area contributed by atoms with Crippen LogP contribution >= 0.6 is 0 Å². The Morgan fingerprint density at radius 1 is 1.19 bits per heavy atom. The van der Waals surface area contributed by atoms with Crippen LogP contribution < -0.4 is 5.32 Å². The van der Waals surface area contributed by atoms with Crippen molar-refractivity contribution in [2.24, 2.45) is 11.8 Å². The molecule has 3 nitrogen and oxygen atoms in total. The maximum atomic E-state index is 12.1. The molecule has 2 heterocycles. The number of carbonyl (C=O) groups is 1. The topological polar surface area (TPSA) is 32.3 Å². The highest BCUT2D eigenvalue weighted by Gasteiger charge is 2.25. The lowest BCUT2D eigenvalue weighted by Gasteiger charge is -2.29. The minimum Gasteiger partial charge on any atom is -0.317 e. The molecule has 0 unspecified atom stereocenters. The van der Waals surface area contributed by atoms with Crippen molar-refractivity contribution in [1.29, 1.82) is 0 Å². The van der Waals surface area contributed by atoms with E-state index in [1.165, 1.54) is 12.8 Å². The molecular weight excluding hydrogens is 200 g/mol. The second kappa shape index (κ2) is 5.78. The number of Topliss-reactive ketones (excluding diaryl/α,β-unsaturated/α-hetero) is 1. The fraction of sp³-hybridized carbons (Fsp3) is 0.923. The van der Waals surface area contributed by atoms with E-state index in [4.69, 9.17) is 0 Å². The fourth-order valence-electron chi connectivity index (χ4n) is 2.87. The monoisotopic (exact) mass is 224 g/mol. The first-order valence-corrected chi connectivity index (χ1v) is 6.67. The quantitative estimate of drug-likeness (QED) is 0.784. The number of ketones is 1. The van der Waals surface area contributed by atoms with Gasteiger partial charge in [-0.05, 0) is 64.8 Å². The molecule has 16 heavy (non-hydrogen) atoms. The number of carbonyl (C=O) groups excluding carboxylic acids is 1. The average molecular weight is 224 g/mol. The molecule has 2 aliphatic heterocycles. The summed E-state index contributed by atoms with van der Waals surface area (Å²) in [5.74, 6) is 1.57. The Balaban J connectivity index is 1.74. The number of rotatable bonds is 3. The third kappa shape index (κ3) is 3.29. The van der Waals surface area contributed by atoms with Crippen molar-refractivity contribution in [2.45, 2.75) is 32.1 Å². The molecule has 0 aromatic carbocycles.